The Hall–Kier alpha value is -1.27. The summed E-state index contributed by atoms with van der Waals surface area (Å²) in [6.45, 7) is 12.9. The molecule has 9 N–H and O–H groups in total. The predicted octanol–water partition coefficient (Wildman–Crippen LogP) is 1.46. The number of carboxylic acids is 1. The van der Waals surface area contributed by atoms with E-state index in [0.29, 0.717) is 19.3 Å². The van der Waals surface area contributed by atoms with Crippen LogP contribution in [0, 0.1) is 50.2 Å². The Bertz CT molecular complexity index is 1490. The van der Waals surface area contributed by atoms with Gasteiger partial charge in [-0.3, -0.25) is 0 Å². The number of aliphatic hydroxyl groups excluding tert-OH is 8. The van der Waals surface area contributed by atoms with Crippen molar-refractivity contribution in [1.29, 1.82) is 0 Å². The van der Waals surface area contributed by atoms with Crippen molar-refractivity contribution < 1.29 is 69.7 Å². The molecule has 2 aliphatic heterocycles. The van der Waals surface area contributed by atoms with E-state index < -0.39 is 89.7 Å². The molecule has 7 rings (SSSR count). The van der Waals surface area contributed by atoms with Gasteiger partial charge in [-0.2, -0.15) is 0 Å². The van der Waals surface area contributed by atoms with Crippen LogP contribution < -0.4 is 0 Å². The van der Waals surface area contributed by atoms with E-state index in [0.717, 1.165) is 38.5 Å². The number of fused-ring (bicyclic) bond motifs is 7. The van der Waals surface area contributed by atoms with Gasteiger partial charge in [0.25, 0.3) is 0 Å². The lowest BCUT2D eigenvalue weighted by molar-refractivity contribution is -0.367. The van der Waals surface area contributed by atoms with Crippen LogP contribution >= 0.6 is 0 Å². The van der Waals surface area contributed by atoms with Gasteiger partial charge in [0.05, 0.1) is 25.4 Å². The third-order valence-corrected chi connectivity index (χ3v) is 17.1. The number of aliphatic carboxylic acids is 1. The molecule has 6 fully saturated rings. The smallest absolute Gasteiger partial charge is 0.335 e. The topological polar surface area (TPSA) is 236 Å². The maximum Gasteiger partial charge on any atom is 0.335 e. The summed E-state index contributed by atoms with van der Waals surface area (Å²) in [5.74, 6) is -1.08. The number of rotatable bonds is 7. The first-order chi connectivity index (χ1) is 25.6. The lowest BCUT2D eigenvalue weighted by Gasteiger charge is -2.73. The molecule has 0 bridgehead atoms. The number of hydrogen-bond acceptors (Lipinski definition) is 13. The van der Waals surface area contributed by atoms with Gasteiger partial charge in [0.2, 0.25) is 0 Å². The van der Waals surface area contributed by atoms with Crippen LogP contribution in [0.1, 0.15) is 99.3 Å². The summed E-state index contributed by atoms with van der Waals surface area (Å²) in [6.07, 6.45) is -6.62. The zero-order chi connectivity index (χ0) is 40.3. The van der Waals surface area contributed by atoms with Gasteiger partial charge >= 0.3 is 5.97 Å². The molecular formula is C41H66O14. The van der Waals surface area contributed by atoms with Gasteiger partial charge in [0.15, 0.2) is 18.7 Å². The van der Waals surface area contributed by atoms with Gasteiger partial charge in [0.1, 0.15) is 36.6 Å². The summed E-state index contributed by atoms with van der Waals surface area (Å²) in [7, 11) is 0. The molecule has 4 unspecified atom stereocenters. The normalized spacial score (nSPS) is 54.9. The molecular weight excluding hydrogens is 716 g/mol. The summed E-state index contributed by atoms with van der Waals surface area (Å²) in [4.78, 5) is 12.1. The Morgan fingerprint density at radius 3 is 2.13 bits per heavy atom. The Balaban J connectivity index is 1.16. The number of carboxylic acid groups (broad SMARTS) is 1. The Kier molecular flexibility index (Phi) is 10.8. The minimum atomic E-state index is -1.91. The van der Waals surface area contributed by atoms with Crippen LogP contribution in [-0.2, 0) is 23.7 Å². The van der Waals surface area contributed by atoms with Crippen LogP contribution in [0.3, 0.4) is 0 Å². The molecule has 0 aromatic rings. The minimum absolute atomic E-state index is 0.000721. The summed E-state index contributed by atoms with van der Waals surface area (Å²) >= 11 is 0. The SMILES string of the molecule is CC1(C)C(O[C@@H]2O[C@H](C(=O)O)[C@@H](O)[C@H](O)[C@H]2O[C@@H]2OC[C@@H](O)[C@H](O)[C@H]2O)CC[C@@]2(CO)C1CC[C@]1(C)C2CC[C@@H]2C3=C[C@@](C)(CO)CC(O)[C@]3(C)CC[C@]21C. The molecule has 19 atom stereocenters. The molecule has 0 aromatic heterocycles. The number of ether oxygens (including phenoxy) is 4. The van der Waals surface area contributed by atoms with Crippen LogP contribution in [-0.4, -0.2) is 139 Å². The summed E-state index contributed by atoms with van der Waals surface area (Å²) in [5.41, 5.74) is -0.768. The van der Waals surface area contributed by atoms with Gasteiger partial charge < -0.3 is 64.9 Å². The quantitative estimate of drug-likeness (QED) is 0.132. The van der Waals surface area contributed by atoms with Gasteiger partial charge in [-0.15, -0.1) is 0 Å². The van der Waals surface area contributed by atoms with Crippen molar-refractivity contribution >= 4 is 5.97 Å². The summed E-state index contributed by atoms with van der Waals surface area (Å²) in [5, 5.41) is 96.2. The van der Waals surface area contributed by atoms with E-state index in [1.165, 1.54) is 5.57 Å². The second kappa shape index (κ2) is 14.2. The Labute approximate surface area is 323 Å². The highest BCUT2D eigenvalue weighted by atomic mass is 16.8. The largest absolute Gasteiger partial charge is 0.479 e. The van der Waals surface area contributed by atoms with E-state index in [9.17, 15) is 50.8 Å². The third-order valence-electron chi connectivity index (χ3n) is 17.1. The van der Waals surface area contributed by atoms with Crippen LogP contribution in [0.2, 0.25) is 0 Å². The van der Waals surface area contributed by atoms with Crippen molar-refractivity contribution in [3.8, 4) is 0 Å². The fraction of sp³-hybridized carbons (Fsp3) is 0.927. The molecule has 0 spiro atoms. The number of carbonyl (C=O) groups is 1. The summed E-state index contributed by atoms with van der Waals surface area (Å²) in [6, 6.07) is 0. The average Bonchev–Trinajstić information content (AvgIpc) is 3.13. The molecule has 0 amide bonds. The third kappa shape index (κ3) is 6.13. The molecule has 5 aliphatic carbocycles. The van der Waals surface area contributed by atoms with Gasteiger partial charge in [-0.05, 0) is 91.8 Å². The highest BCUT2D eigenvalue weighted by Gasteiger charge is 2.71. The lowest BCUT2D eigenvalue weighted by atomic mass is 9.32. The fourth-order valence-corrected chi connectivity index (χ4v) is 13.5. The molecule has 14 nitrogen and oxygen atoms in total. The van der Waals surface area contributed by atoms with Gasteiger partial charge in [-0.1, -0.05) is 53.2 Å². The minimum Gasteiger partial charge on any atom is -0.479 e. The molecule has 14 heteroatoms. The van der Waals surface area contributed by atoms with Crippen LogP contribution in [0.4, 0.5) is 0 Å². The molecule has 2 heterocycles. The Morgan fingerprint density at radius 1 is 0.764 bits per heavy atom. The van der Waals surface area contributed by atoms with Crippen LogP contribution in [0.25, 0.3) is 0 Å². The first kappa shape index (κ1) is 41.9. The molecule has 2 saturated heterocycles. The number of hydrogen-bond donors (Lipinski definition) is 9. The predicted molar refractivity (Wildman–Crippen MR) is 195 cm³/mol. The zero-order valence-electron chi connectivity index (χ0n) is 33.2. The van der Waals surface area contributed by atoms with E-state index >= 15 is 0 Å². The highest BCUT2D eigenvalue weighted by molar-refractivity contribution is 5.73. The standard InChI is InChI=1S/C41H66O14/c1-36(2)23-9-11-40(6)24(8-7-20-21-15-37(3,18-42)16-25(45)38(21,4)13-14-39(20,40)5)41(23,19-43)12-10-26(36)53-35-32(29(48)28(47)31(54-35)33(50)51)55-34-30(49)27(46)22(44)17-52-34/h15,20,22-32,34-35,42-49H,7-14,16-19H2,1-6H3,(H,50,51)/t20-,22-,23?,24?,25?,26?,27+,28+,29+,30-,31+,32-,34+,35-,37-,38-,39-,40-,41-/m1/s1. The zero-order valence-corrected chi connectivity index (χ0v) is 33.2. The molecule has 314 valence electrons. The van der Waals surface area contributed by atoms with E-state index in [-0.39, 0.29) is 53.8 Å². The van der Waals surface area contributed by atoms with Crippen molar-refractivity contribution in [2.75, 3.05) is 19.8 Å². The Morgan fingerprint density at radius 2 is 1.47 bits per heavy atom. The van der Waals surface area contributed by atoms with E-state index in [1.807, 2.05) is 6.92 Å². The van der Waals surface area contributed by atoms with E-state index in [4.69, 9.17) is 18.9 Å². The second-order valence-electron chi connectivity index (χ2n) is 20.1. The second-order valence-corrected chi connectivity index (χ2v) is 20.1. The van der Waals surface area contributed by atoms with Gasteiger partial charge in [-0.25, -0.2) is 4.79 Å². The fourth-order valence-electron chi connectivity index (χ4n) is 13.5. The monoisotopic (exact) mass is 782 g/mol. The van der Waals surface area contributed by atoms with Crippen molar-refractivity contribution in [3.63, 3.8) is 0 Å². The maximum absolute atomic E-state index is 12.1. The highest BCUT2D eigenvalue weighted by Crippen LogP contribution is 2.76. The molecule has 55 heavy (non-hydrogen) atoms. The lowest BCUT2D eigenvalue weighted by Crippen LogP contribution is -2.68. The van der Waals surface area contributed by atoms with E-state index in [1.54, 1.807) is 0 Å². The van der Waals surface area contributed by atoms with E-state index in [2.05, 4.69) is 40.7 Å². The maximum atomic E-state index is 12.1. The number of aliphatic hydroxyl groups is 8. The van der Waals surface area contributed by atoms with Crippen LogP contribution in [0.5, 0.6) is 0 Å². The molecule has 0 aromatic carbocycles. The van der Waals surface area contributed by atoms with Crippen LogP contribution in [0.15, 0.2) is 11.6 Å². The average molecular weight is 783 g/mol. The van der Waals surface area contributed by atoms with Crippen molar-refractivity contribution in [2.45, 2.75) is 167 Å². The molecule has 7 aliphatic rings. The molecule has 0 radical (unpaired) electrons. The first-order valence-corrected chi connectivity index (χ1v) is 20.5. The van der Waals surface area contributed by atoms with Crippen molar-refractivity contribution in [3.05, 3.63) is 11.6 Å². The van der Waals surface area contributed by atoms with Crippen molar-refractivity contribution in [2.24, 2.45) is 50.2 Å². The van der Waals surface area contributed by atoms with Gasteiger partial charge in [0, 0.05) is 22.9 Å². The van der Waals surface area contributed by atoms with Crippen molar-refractivity contribution in [1.82, 2.24) is 0 Å². The molecule has 4 saturated carbocycles. The summed E-state index contributed by atoms with van der Waals surface area (Å²) < 4.78 is 23.8. The first-order valence-electron chi connectivity index (χ1n) is 20.5.